The summed E-state index contributed by atoms with van der Waals surface area (Å²) in [4.78, 5) is 75.4. The Labute approximate surface area is 442 Å². The lowest BCUT2D eigenvalue weighted by Gasteiger charge is -2.36. The number of ether oxygens (including phenoxy) is 1. The van der Waals surface area contributed by atoms with Crippen molar-refractivity contribution in [2.75, 3.05) is 101 Å². The molecule has 400 valence electrons. The molecule has 6 aromatic heterocycles. The smallest absolute Gasteiger partial charge is 0.410 e. The molecule has 4 aliphatic rings. The first kappa shape index (κ1) is 56.5. The van der Waals surface area contributed by atoms with E-state index in [4.69, 9.17) is 14.7 Å². The van der Waals surface area contributed by atoms with Crippen molar-refractivity contribution in [3.05, 3.63) is 72.6 Å². The Hall–Kier alpha value is -6.80. The van der Waals surface area contributed by atoms with Crippen molar-refractivity contribution in [1.82, 2.24) is 59.1 Å². The van der Waals surface area contributed by atoms with E-state index < -0.39 is 5.60 Å². The van der Waals surface area contributed by atoms with Gasteiger partial charge < -0.3 is 54.3 Å². The van der Waals surface area contributed by atoms with Crippen LogP contribution in [0.1, 0.15) is 120 Å². The molecular formula is C53H77ClN16O4. The van der Waals surface area contributed by atoms with Crippen LogP contribution in [0.4, 0.5) is 39.7 Å². The molecule has 0 bridgehead atoms. The van der Waals surface area contributed by atoms with Crippen LogP contribution in [0.5, 0.6) is 0 Å². The van der Waals surface area contributed by atoms with Crippen LogP contribution in [0.15, 0.2) is 61.2 Å². The van der Waals surface area contributed by atoms with Gasteiger partial charge in [-0.25, -0.2) is 24.7 Å². The van der Waals surface area contributed by atoms with Gasteiger partial charge in [0.15, 0.2) is 0 Å². The Morgan fingerprint density at radius 1 is 0.608 bits per heavy atom. The molecule has 3 N–H and O–H groups in total. The molecule has 2 aliphatic heterocycles. The third-order valence-electron chi connectivity index (χ3n) is 13.5. The maximum atomic E-state index is 12.9. The summed E-state index contributed by atoms with van der Waals surface area (Å²) in [7, 11) is 7.11. The zero-order valence-corrected chi connectivity index (χ0v) is 43.4. The van der Waals surface area contributed by atoms with E-state index in [0.717, 1.165) is 98.1 Å². The lowest BCUT2D eigenvalue weighted by molar-refractivity contribution is 0.0240. The van der Waals surface area contributed by atoms with Crippen molar-refractivity contribution < 1.29 is 19.1 Å². The van der Waals surface area contributed by atoms with Gasteiger partial charge >= 0.3 is 6.09 Å². The molecule has 0 spiro atoms. The number of rotatable bonds is 10. The van der Waals surface area contributed by atoms with Crippen LogP contribution in [0, 0.1) is 0 Å². The van der Waals surface area contributed by atoms with Gasteiger partial charge in [-0.05, 0) is 82.9 Å². The second kappa shape index (κ2) is 24.5. The fourth-order valence-electron chi connectivity index (χ4n) is 9.91. The molecule has 2 aliphatic carbocycles. The fraction of sp³-hybridized carbons (Fsp3) is 0.528. The van der Waals surface area contributed by atoms with Crippen LogP contribution < -0.4 is 25.8 Å². The molecule has 74 heavy (non-hydrogen) atoms. The first-order chi connectivity index (χ1) is 34.2. The number of piperazine rings is 2. The Morgan fingerprint density at radius 3 is 1.41 bits per heavy atom. The maximum Gasteiger partial charge on any atom is 0.410 e. The monoisotopic (exact) mass is 1040 g/mol. The Balaban J connectivity index is 0.000000235. The summed E-state index contributed by atoms with van der Waals surface area (Å²) >= 11 is 0. The van der Waals surface area contributed by atoms with Gasteiger partial charge in [-0.3, -0.25) is 9.59 Å². The highest BCUT2D eigenvalue weighted by Gasteiger charge is 2.29. The molecule has 8 heterocycles. The minimum Gasteiger partial charge on any atom is -0.444 e. The van der Waals surface area contributed by atoms with E-state index in [1.165, 1.54) is 12.8 Å². The van der Waals surface area contributed by atoms with E-state index in [1.54, 1.807) is 55.3 Å². The highest BCUT2D eigenvalue weighted by molar-refractivity contribution is 5.98. The van der Waals surface area contributed by atoms with Crippen molar-refractivity contribution in [2.24, 2.45) is 0 Å². The lowest BCUT2D eigenvalue weighted by Crippen LogP contribution is -2.50. The van der Waals surface area contributed by atoms with Gasteiger partial charge in [0, 0.05) is 116 Å². The predicted molar refractivity (Wildman–Crippen MR) is 297 cm³/mol. The minimum atomic E-state index is -0.499. The number of carbonyl (C=O) groups is 3. The van der Waals surface area contributed by atoms with E-state index in [9.17, 15) is 14.4 Å². The third kappa shape index (κ3) is 12.9. The van der Waals surface area contributed by atoms with Crippen molar-refractivity contribution in [2.45, 2.75) is 105 Å². The Kier molecular flexibility index (Phi) is 18.7. The summed E-state index contributed by atoms with van der Waals surface area (Å²) in [6, 6.07) is 12.3. The predicted octanol–water partition coefficient (Wildman–Crippen LogP) is 8.93. The number of nitrogens with zero attached hydrogens (tertiary/aromatic N) is 13. The van der Waals surface area contributed by atoms with Crippen molar-refractivity contribution in [3.63, 3.8) is 0 Å². The maximum absolute atomic E-state index is 12.9. The third-order valence-corrected chi connectivity index (χ3v) is 13.5. The number of hydrogen-bond donors (Lipinski definition) is 3. The average molecular weight is 1040 g/mol. The van der Waals surface area contributed by atoms with Crippen LogP contribution in [-0.2, 0) is 4.74 Å². The van der Waals surface area contributed by atoms with Gasteiger partial charge in [0.2, 0.25) is 11.9 Å². The van der Waals surface area contributed by atoms with E-state index in [2.05, 4.69) is 60.9 Å². The quantitative estimate of drug-likeness (QED) is 0.117. The van der Waals surface area contributed by atoms with Crippen LogP contribution in [0.25, 0.3) is 22.1 Å². The lowest BCUT2D eigenvalue weighted by atomic mass is 10.2. The highest BCUT2D eigenvalue weighted by atomic mass is 35.5. The molecule has 2 saturated carbocycles. The molecule has 3 amide bonds. The topological polar surface area (TPSA) is 200 Å². The minimum absolute atomic E-state index is 0. The SMILES string of the molecule is C.C.CN(C)C(=O)c1cc2cnc(Nc3ccc(N4CCN(C(=O)OC(C)(C)C)CC4)cn3)nc2n1C1CCCC1.CN(C)C(=O)c1cc2cnc(Nc3ccc(N4CCNCC4)cn3)nc2n1C1CCCC1.Cl. The summed E-state index contributed by atoms with van der Waals surface area (Å²) in [6.45, 7) is 12.2. The molecule has 20 nitrogen and oxygen atoms in total. The van der Waals surface area contributed by atoms with Crippen LogP contribution >= 0.6 is 12.4 Å². The molecule has 0 radical (unpaired) electrons. The number of hydrogen-bond acceptors (Lipinski definition) is 15. The van der Waals surface area contributed by atoms with E-state index >= 15 is 0 Å². The number of anilines is 6. The molecule has 0 unspecified atom stereocenters. The van der Waals surface area contributed by atoms with Gasteiger partial charge in [0.25, 0.3) is 11.8 Å². The molecule has 21 heteroatoms. The number of carbonyl (C=O) groups excluding carboxylic acids is 3. The van der Waals surface area contributed by atoms with Crippen molar-refractivity contribution in [3.8, 4) is 0 Å². The standard InChI is InChI=1S/C28H38N8O3.C23H30N8O.2CH4.ClH/c1-28(2,3)39-27(38)35-14-12-34(13-15-35)21-10-11-23(29-18-21)31-26-30-17-19-16-22(25(37)33(4)5)36(24(19)32-26)20-8-6-7-9-20;1-29(2)22(32)19-13-16-14-26-23(28-21(16)31(19)17-5-3-4-6-17)27-20-8-7-18(15-25-20)30-11-9-24-10-12-30;;;/h10-11,16-18,20H,6-9,12-15H2,1-5H3,(H,29,30,31,32);7-8,13-15,17,24H,3-6,9-12H2,1-2H3,(H,25,26,27,28);2*1H4;1H. The number of fused-ring (bicyclic) bond motifs is 2. The largest absolute Gasteiger partial charge is 0.444 e. The highest BCUT2D eigenvalue weighted by Crippen LogP contribution is 2.36. The van der Waals surface area contributed by atoms with Crippen LogP contribution in [-0.4, -0.2) is 158 Å². The zero-order chi connectivity index (χ0) is 49.8. The van der Waals surface area contributed by atoms with Gasteiger partial charge in [-0.1, -0.05) is 40.5 Å². The molecule has 4 fully saturated rings. The molecule has 6 aromatic rings. The van der Waals surface area contributed by atoms with E-state index in [0.29, 0.717) is 67.1 Å². The molecule has 0 aromatic carbocycles. The summed E-state index contributed by atoms with van der Waals surface area (Å²) in [5.74, 6) is 2.23. The first-order valence-electron chi connectivity index (χ1n) is 25.0. The number of halogens is 1. The number of aromatic nitrogens is 8. The number of nitrogens with one attached hydrogen (secondary N) is 3. The molecule has 0 atom stereocenters. The second-order valence-corrected chi connectivity index (χ2v) is 20.3. The molecule has 10 rings (SSSR count). The average Bonchev–Trinajstić information content (AvgIpc) is 4.21. The van der Waals surface area contributed by atoms with E-state index in [-0.39, 0.29) is 51.2 Å². The summed E-state index contributed by atoms with van der Waals surface area (Å²) in [6.07, 6.45) is 15.9. The van der Waals surface area contributed by atoms with Gasteiger partial charge in [-0.2, -0.15) is 9.97 Å². The van der Waals surface area contributed by atoms with Crippen molar-refractivity contribution >= 4 is 87.3 Å². The Morgan fingerprint density at radius 2 is 1.03 bits per heavy atom. The Bertz CT molecular complexity index is 2820. The number of pyridine rings is 2. The summed E-state index contributed by atoms with van der Waals surface area (Å²) in [5.41, 5.74) is 4.52. The normalized spacial score (nSPS) is 16.1. The van der Waals surface area contributed by atoms with Gasteiger partial charge in [0.05, 0.1) is 23.8 Å². The zero-order valence-electron chi connectivity index (χ0n) is 42.6. The van der Waals surface area contributed by atoms with Crippen molar-refractivity contribution in [1.29, 1.82) is 0 Å². The summed E-state index contributed by atoms with van der Waals surface area (Å²) < 4.78 is 9.72. The number of amides is 3. The van der Waals surface area contributed by atoms with Gasteiger partial charge in [-0.15, -0.1) is 12.4 Å². The second-order valence-electron chi connectivity index (χ2n) is 20.3. The van der Waals surface area contributed by atoms with E-state index in [1.807, 2.05) is 63.5 Å². The van der Waals surface area contributed by atoms with Crippen LogP contribution in [0.3, 0.4) is 0 Å². The molecular weight excluding hydrogens is 960 g/mol. The van der Waals surface area contributed by atoms with Gasteiger partial charge in [0.1, 0.15) is 39.9 Å². The fourth-order valence-corrected chi connectivity index (χ4v) is 9.91. The van der Waals surface area contributed by atoms with Crippen LogP contribution in [0.2, 0.25) is 0 Å². The summed E-state index contributed by atoms with van der Waals surface area (Å²) in [5, 5.41) is 11.6. The first-order valence-corrected chi connectivity index (χ1v) is 25.0. The molecule has 2 saturated heterocycles.